The van der Waals surface area contributed by atoms with Gasteiger partial charge in [-0.15, -0.1) is 0 Å². The van der Waals surface area contributed by atoms with Crippen LogP contribution in [-0.2, 0) is 6.42 Å². The van der Waals surface area contributed by atoms with Gasteiger partial charge >= 0.3 is 0 Å². The number of aromatic hydroxyl groups is 1. The van der Waals surface area contributed by atoms with Crippen LogP contribution >= 0.6 is 0 Å². The van der Waals surface area contributed by atoms with Crippen LogP contribution in [-0.4, -0.2) is 31.3 Å². The van der Waals surface area contributed by atoms with E-state index < -0.39 is 10.5 Å². The van der Waals surface area contributed by atoms with Crippen LogP contribution in [0, 0.1) is 10.1 Å². The molecule has 2 aromatic heterocycles. The van der Waals surface area contributed by atoms with Crippen molar-refractivity contribution in [1.29, 1.82) is 0 Å². The van der Waals surface area contributed by atoms with E-state index in [4.69, 9.17) is 5.11 Å². The van der Waals surface area contributed by atoms with Gasteiger partial charge < -0.3 is 10.2 Å². The number of nitro groups is 1. The highest BCUT2D eigenvalue weighted by Gasteiger charge is 2.18. The van der Waals surface area contributed by atoms with E-state index in [0.29, 0.717) is 5.39 Å². The topological polar surface area (TPSA) is 118 Å². The molecule has 0 amide bonds. The number of benzene rings is 1. The number of aromatic nitrogens is 2. The molecule has 0 unspecified atom stereocenters. The van der Waals surface area contributed by atoms with E-state index in [1.54, 1.807) is 18.2 Å². The molecule has 0 aliphatic rings. The van der Waals surface area contributed by atoms with Crippen LogP contribution in [0.3, 0.4) is 0 Å². The lowest BCUT2D eigenvalue weighted by molar-refractivity contribution is -0.384. The van der Waals surface area contributed by atoms with Crippen molar-refractivity contribution in [1.82, 2.24) is 9.55 Å². The Kier molecular flexibility index (Phi) is 3.97. The maximum Gasteiger partial charge on any atom is 0.271 e. The van der Waals surface area contributed by atoms with Gasteiger partial charge in [0, 0.05) is 31.4 Å². The predicted octanol–water partition coefficient (Wildman–Crippen LogP) is 1.53. The summed E-state index contributed by atoms with van der Waals surface area (Å²) in [5.74, 6) is -0.237. The summed E-state index contributed by atoms with van der Waals surface area (Å²) in [5.41, 5.74) is -0.266. The maximum absolute atomic E-state index is 12.8. The standard InChI is InChI=1S/C16H13N3O5/c20-8-6-13-14(21)12-5-2-7-17-15(12)18(16(13)22)10-3-1-4-11(9-10)19(23)24/h1-5,7,9,20-21H,6,8H2. The molecular weight excluding hydrogens is 314 g/mol. The van der Waals surface area contributed by atoms with Crippen LogP contribution in [0.2, 0.25) is 0 Å². The first kappa shape index (κ1) is 15.6. The summed E-state index contributed by atoms with van der Waals surface area (Å²) >= 11 is 0. The Labute approximate surface area is 135 Å². The van der Waals surface area contributed by atoms with Crippen LogP contribution < -0.4 is 5.56 Å². The minimum Gasteiger partial charge on any atom is -0.507 e. The number of hydrogen-bond acceptors (Lipinski definition) is 6. The second kappa shape index (κ2) is 6.09. The zero-order valence-corrected chi connectivity index (χ0v) is 12.4. The van der Waals surface area contributed by atoms with Crippen molar-refractivity contribution in [2.24, 2.45) is 0 Å². The molecule has 24 heavy (non-hydrogen) atoms. The minimum absolute atomic E-state index is 0.0320. The van der Waals surface area contributed by atoms with E-state index in [2.05, 4.69) is 4.98 Å². The predicted molar refractivity (Wildman–Crippen MR) is 86.4 cm³/mol. The molecule has 3 aromatic rings. The average Bonchev–Trinajstić information content (AvgIpc) is 2.59. The van der Waals surface area contributed by atoms with E-state index >= 15 is 0 Å². The van der Waals surface area contributed by atoms with Gasteiger partial charge in [-0.05, 0) is 18.2 Å². The molecule has 0 atom stereocenters. The van der Waals surface area contributed by atoms with Gasteiger partial charge in [0.05, 0.1) is 21.6 Å². The summed E-state index contributed by atoms with van der Waals surface area (Å²) in [6, 6.07) is 8.78. The molecule has 0 fully saturated rings. The van der Waals surface area contributed by atoms with Crippen LogP contribution in [0.1, 0.15) is 5.56 Å². The third kappa shape index (κ3) is 2.48. The molecule has 2 heterocycles. The van der Waals surface area contributed by atoms with Crippen molar-refractivity contribution in [3.8, 4) is 11.4 Å². The molecular formula is C16H13N3O5. The van der Waals surface area contributed by atoms with E-state index in [-0.39, 0.29) is 41.4 Å². The molecule has 0 bridgehead atoms. The molecule has 8 heteroatoms. The van der Waals surface area contributed by atoms with Gasteiger partial charge in [-0.3, -0.25) is 19.5 Å². The lowest BCUT2D eigenvalue weighted by Gasteiger charge is -2.13. The lowest BCUT2D eigenvalue weighted by atomic mass is 10.1. The second-order valence-electron chi connectivity index (χ2n) is 5.09. The van der Waals surface area contributed by atoms with E-state index in [1.165, 1.54) is 29.0 Å². The summed E-state index contributed by atoms with van der Waals surface area (Å²) < 4.78 is 1.20. The fraction of sp³-hybridized carbons (Fsp3) is 0.125. The minimum atomic E-state index is -0.576. The molecule has 0 saturated heterocycles. The van der Waals surface area contributed by atoms with Crippen molar-refractivity contribution in [3.05, 3.63) is 68.6 Å². The average molecular weight is 327 g/mol. The zero-order chi connectivity index (χ0) is 17.3. The van der Waals surface area contributed by atoms with Crippen molar-refractivity contribution >= 4 is 16.7 Å². The van der Waals surface area contributed by atoms with Crippen LogP contribution in [0.5, 0.6) is 5.75 Å². The van der Waals surface area contributed by atoms with Gasteiger partial charge in [0.15, 0.2) is 5.65 Å². The third-order valence-electron chi connectivity index (χ3n) is 3.66. The number of nitrogens with zero attached hydrogens (tertiary/aromatic N) is 3. The highest BCUT2D eigenvalue weighted by atomic mass is 16.6. The number of hydrogen-bond donors (Lipinski definition) is 2. The zero-order valence-electron chi connectivity index (χ0n) is 12.4. The Morgan fingerprint density at radius 1 is 1.25 bits per heavy atom. The monoisotopic (exact) mass is 327 g/mol. The molecule has 1 aromatic carbocycles. The quantitative estimate of drug-likeness (QED) is 0.554. The van der Waals surface area contributed by atoms with Crippen molar-refractivity contribution in [3.63, 3.8) is 0 Å². The Morgan fingerprint density at radius 3 is 2.75 bits per heavy atom. The number of fused-ring (bicyclic) bond motifs is 1. The lowest BCUT2D eigenvalue weighted by Crippen LogP contribution is -2.24. The van der Waals surface area contributed by atoms with Gasteiger partial charge in [-0.25, -0.2) is 4.98 Å². The third-order valence-corrected chi connectivity index (χ3v) is 3.66. The second-order valence-corrected chi connectivity index (χ2v) is 5.09. The molecule has 0 aliphatic heterocycles. The first-order valence-corrected chi connectivity index (χ1v) is 7.12. The Bertz CT molecular complexity index is 997. The highest BCUT2D eigenvalue weighted by Crippen LogP contribution is 2.27. The smallest absolute Gasteiger partial charge is 0.271 e. The van der Waals surface area contributed by atoms with Gasteiger partial charge in [0.1, 0.15) is 5.75 Å². The SMILES string of the molecule is O=c1c(CCO)c(O)c2cccnc2n1-c1cccc([N+](=O)[O-])c1. The molecule has 0 aliphatic carbocycles. The van der Waals surface area contributed by atoms with Gasteiger partial charge in [-0.2, -0.15) is 0 Å². The number of aliphatic hydroxyl groups is 1. The molecule has 0 radical (unpaired) electrons. The summed E-state index contributed by atoms with van der Waals surface area (Å²) in [6.07, 6.45) is 1.42. The molecule has 3 rings (SSSR count). The Balaban J connectivity index is 2.41. The molecule has 2 N–H and O–H groups in total. The van der Waals surface area contributed by atoms with Gasteiger partial charge in [0.2, 0.25) is 0 Å². The van der Waals surface area contributed by atoms with Crippen LogP contribution in [0.25, 0.3) is 16.7 Å². The van der Waals surface area contributed by atoms with Gasteiger partial charge in [-0.1, -0.05) is 6.07 Å². The first-order chi connectivity index (χ1) is 11.5. The van der Waals surface area contributed by atoms with Crippen molar-refractivity contribution in [2.45, 2.75) is 6.42 Å². The normalized spacial score (nSPS) is 10.9. The Morgan fingerprint density at radius 2 is 2.04 bits per heavy atom. The first-order valence-electron chi connectivity index (χ1n) is 7.12. The number of aliphatic hydroxyl groups excluding tert-OH is 1. The summed E-state index contributed by atoms with van der Waals surface area (Å²) in [5, 5.41) is 30.8. The fourth-order valence-corrected chi connectivity index (χ4v) is 2.58. The summed E-state index contributed by atoms with van der Waals surface area (Å²) in [7, 11) is 0. The van der Waals surface area contributed by atoms with Gasteiger partial charge in [0.25, 0.3) is 11.2 Å². The number of rotatable bonds is 4. The summed E-state index contributed by atoms with van der Waals surface area (Å²) in [4.78, 5) is 27.3. The van der Waals surface area contributed by atoms with Crippen LogP contribution in [0.4, 0.5) is 5.69 Å². The van der Waals surface area contributed by atoms with E-state index in [0.717, 1.165) is 0 Å². The number of pyridine rings is 2. The van der Waals surface area contributed by atoms with E-state index in [9.17, 15) is 20.0 Å². The number of non-ortho nitro benzene ring substituents is 1. The van der Waals surface area contributed by atoms with E-state index in [1.807, 2.05) is 0 Å². The van der Waals surface area contributed by atoms with Crippen molar-refractivity contribution < 1.29 is 15.1 Å². The highest BCUT2D eigenvalue weighted by molar-refractivity contribution is 5.84. The number of nitro benzene ring substituents is 1. The summed E-state index contributed by atoms with van der Waals surface area (Å²) in [6.45, 7) is -0.316. The Hall–Kier alpha value is -3.26. The molecule has 122 valence electrons. The largest absolute Gasteiger partial charge is 0.507 e. The molecule has 8 nitrogen and oxygen atoms in total. The van der Waals surface area contributed by atoms with Crippen LogP contribution in [0.15, 0.2) is 47.4 Å². The fourth-order valence-electron chi connectivity index (χ4n) is 2.58. The molecule has 0 saturated carbocycles. The molecule has 0 spiro atoms. The maximum atomic E-state index is 12.8. The van der Waals surface area contributed by atoms with Crippen molar-refractivity contribution in [2.75, 3.05) is 6.61 Å².